The summed E-state index contributed by atoms with van der Waals surface area (Å²) in [4.78, 5) is 17.9. The molecule has 1 aromatic carbocycles. The Morgan fingerprint density at radius 2 is 2.00 bits per heavy atom. The summed E-state index contributed by atoms with van der Waals surface area (Å²) >= 11 is 0. The minimum atomic E-state index is -2.89. The maximum Gasteiger partial charge on any atom is 0.387 e. The number of benzene rings is 1. The Morgan fingerprint density at radius 3 is 2.76 bits per heavy atom. The molecule has 0 aliphatic carbocycles. The number of hydrogen-bond donors (Lipinski definition) is 1. The lowest BCUT2D eigenvalue weighted by atomic mass is 10.1. The van der Waals surface area contributed by atoms with Crippen LogP contribution in [0.25, 0.3) is 16.9 Å². The first-order valence-electron chi connectivity index (χ1n) is 10.6. The lowest BCUT2D eigenvalue weighted by molar-refractivity contribution is -0.0503. The van der Waals surface area contributed by atoms with Crippen LogP contribution in [0.3, 0.4) is 0 Å². The maximum atomic E-state index is 12.8. The fourth-order valence-corrected chi connectivity index (χ4v) is 3.89. The van der Waals surface area contributed by atoms with E-state index in [1.165, 1.54) is 6.07 Å². The number of ether oxygens (including phenoxy) is 2. The van der Waals surface area contributed by atoms with Gasteiger partial charge in [-0.15, -0.1) is 0 Å². The first-order valence-corrected chi connectivity index (χ1v) is 10.6. The first-order chi connectivity index (χ1) is 16.1. The Morgan fingerprint density at radius 1 is 1.18 bits per heavy atom. The van der Waals surface area contributed by atoms with Gasteiger partial charge in [0.05, 0.1) is 35.9 Å². The van der Waals surface area contributed by atoms with Crippen molar-refractivity contribution in [1.82, 2.24) is 24.3 Å². The van der Waals surface area contributed by atoms with Crippen molar-refractivity contribution in [3.63, 3.8) is 0 Å². The van der Waals surface area contributed by atoms with Crippen LogP contribution in [-0.2, 0) is 11.2 Å². The highest BCUT2D eigenvalue weighted by Gasteiger charge is 2.17. The van der Waals surface area contributed by atoms with Gasteiger partial charge < -0.3 is 14.8 Å². The molecule has 5 rings (SSSR count). The Kier molecular flexibility index (Phi) is 5.82. The molecule has 0 saturated carbocycles. The number of para-hydroxylation sites is 1. The third kappa shape index (κ3) is 4.61. The van der Waals surface area contributed by atoms with Crippen LogP contribution in [0.15, 0.2) is 49.1 Å². The summed E-state index contributed by atoms with van der Waals surface area (Å²) in [6.07, 6.45) is 8.27. The zero-order chi connectivity index (χ0) is 22.8. The molecule has 4 heterocycles. The van der Waals surface area contributed by atoms with Gasteiger partial charge in [-0.05, 0) is 19.4 Å². The standard InChI is InChI=1S/C23H22F2N6O2/c1-14-19(8-15-4-2-3-5-20(15)33-22(24)25)31-12-18(26-11-21(31)29-14)16-9-27-23(28-10-16)30-17-6-7-32-13-17/h2-5,9-12,17,22H,6-8,13H2,1H3,(H,27,28,30). The van der Waals surface area contributed by atoms with E-state index in [4.69, 9.17) is 9.47 Å². The number of nitrogens with one attached hydrogen (secondary N) is 1. The highest BCUT2D eigenvalue weighted by Crippen LogP contribution is 2.26. The Labute approximate surface area is 188 Å². The lowest BCUT2D eigenvalue weighted by Gasteiger charge is -2.11. The molecule has 0 amide bonds. The van der Waals surface area contributed by atoms with Crippen LogP contribution in [0.5, 0.6) is 5.75 Å². The van der Waals surface area contributed by atoms with E-state index < -0.39 is 6.61 Å². The predicted molar refractivity (Wildman–Crippen MR) is 117 cm³/mol. The fourth-order valence-electron chi connectivity index (χ4n) is 3.89. The molecule has 1 saturated heterocycles. The fraction of sp³-hybridized carbons (Fsp3) is 0.304. The summed E-state index contributed by atoms with van der Waals surface area (Å²) in [5.74, 6) is 0.699. The van der Waals surface area contributed by atoms with E-state index in [1.54, 1.807) is 36.8 Å². The molecule has 3 aromatic heterocycles. The highest BCUT2D eigenvalue weighted by atomic mass is 19.3. The number of rotatable bonds is 7. The summed E-state index contributed by atoms with van der Waals surface area (Å²) < 4.78 is 37.6. The van der Waals surface area contributed by atoms with Crippen molar-refractivity contribution in [2.24, 2.45) is 0 Å². The number of halogens is 2. The molecular weight excluding hydrogens is 430 g/mol. The van der Waals surface area contributed by atoms with Crippen molar-refractivity contribution in [3.8, 4) is 17.0 Å². The van der Waals surface area contributed by atoms with Gasteiger partial charge in [-0.1, -0.05) is 18.2 Å². The second-order valence-corrected chi connectivity index (χ2v) is 7.81. The molecule has 8 nitrogen and oxygen atoms in total. The molecule has 33 heavy (non-hydrogen) atoms. The van der Waals surface area contributed by atoms with Crippen LogP contribution in [0.2, 0.25) is 0 Å². The number of aromatic nitrogens is 5. The molecular formula is C23H22F2N6O2. The number of hydrogen-bond acceptors (Lipinski definition) is 7. The third-order valence-electron chi connectivity index (χ3n) is 5.57. The van der Waals surface area contributed by atoms with Crippen LogP contribution in [0, 0.1) is 6.92 Å². The molecule has 1 unspecified atom stereocenters. The lowest BCUT2D eigenvalue weighted by Crippen LogP contribution is -2.20. The van der Waals surface area contributed by atoms with Gasteiger partial charge in [-0.25, -0.2) is 15.0 Å². The van der Waals surface area contributed by atoms with Gasteiger partial charge in [0, 0.05) is 42.7 Å². The van der Waals surface area contributed by atoms with Crippen molar-refractivity contribution in [1.29, 1.82) is 0 Å². The van der Waals surface area contributed by atoms with E-state index in [0.29, 0.717) is 35.9 Å². The molecule has 4 aromatic rings. The minimum Gasteiger partial charge on any atom is -0.435 e. The second-order valence-electron chi connectivity index (χ2n) is 7.81. The van der Waals surface area contributed by atoms with Crippen molar-refractivity contribution >= 4 is 11.6 Å². The van der Waals surface area contributed by atoms with Gasteiger partial charge in [-0.3, -0.25) is 9.38 Å². The number of alkyl halides is 2. The van der Waals surface area contributed by atoms with E-state index in [-0.39, 0.29) is 11.8 Å². The normalized spacial score (nSPS) is 15.9. The number of nitrogens with zero attached hydrogens (tertiary/aromatic N) is 5. The Bertz CT molecular complexity index is 1260. The van der Waals surface area contributed by atoms with Gasteiger partial charge in [0.15, 0.2) is 5.65 Å². The largest absolute Gasteiger partial charge is 0.435 e. The molecule has 0 bridgehead atoms. The van der Waals surface area contributed by atoms with E-state index >= 15 is 0 Å². The topological polar surface area (TPSA) is 86.5 Å². The quantitative estimate of drug-likeness (QED) is 0.455. The third-order valence-corrected chi connectivity index (χ3v) is 5.57. The zero-order valence-electron chi connectivity index (χ0n) is 17.9. The average Bonchev–Trinajstić information content (AvgIpc) is 3.42. The second kappa shape index (κ2) is 9.07. The van der Waals surface area contributed by atoms with Crippen LogP contribution in [0.1, 0.15) is 23.4 Å². The summed E-state index contributed by atoms with van der Waals surface area (Å²) in [5, 5.41) is 3.26. The number of aryl methyl sites for hydroxylation is 1. The molecule has 1 fully saturated rings. The van der Waals surface area contributed by atoms with Gasteiger partial charge in [0.2, 0.25) is 5.95 Å². The molecule has 0 radical (unpaired) electrons. The van der Waals surface area contributed by atoms with Gasteiger partial charge in [0.1, 0.15) is 5.75 Å². The van der Waals surface area contributed by atoms with E-state index in [9.17, 15) is 8.78 Å². The molecule has 170 valence electrons. The maximum absolute atomic E-state index is 12.8. The molecule has 0 spiro atoms. The Balaban J connectivity index is 1.43. The average molecular weight is 452 g/mol. The van der Waals surface area contributed by atoms with Crippen molar-refractivity contribution < 1.29 is 18.3 Å². The van der Waals surface area contributed by atoms with E-state index in [2.05, 4.69) is 25.3 Å². The monoisotopic (exact) mass is 452 g/mol. The zero-order valence-corrected chi connectivity index (χ0v) is 17.9. The summed E-state index contributed by atoms with van der Waals surface area (Å²) in [6, 6.07) is 7.00. The molecule has 1 atom stereocenters. The van der Waals surface area contributed by atoms with Crippen molar-refractivity contribution in [3.05, 3.63) is 66.0 Å². The van der Waals surface area contributed by atoms with Crippen molar-refractivity contribution in [2.75, 3.05) is 18.5 Å². The molecule has 1 N–H and O–H groups in total. The predicted octanol–water partition coefficient (Wildman–Crippen LogP) is 3.89. The van der Waals surface area contributed by atoms with Crippen LogP contribution < -0.4 is 10.1 Å². The van der Waals surface area contributed by atoms with Crippen molar-refractivity contribution in [2.45, 2.75) is 32.4 Å². The molecule has 1 aliphatic rings. The number of imidazole rings is 1. The number of fused-ring (bicyclic) bond motifs is 1. The summed E-state index contributed by atoms with van der Waals surface area (Å²) in [5.41, 5.74) is 4.39. The van der Waals surface area contributed by atoms with Crippen LogP contribution in [-0.4, -0.2) is 50.2 Å². The van der Waals surface area contributed by atoms with E-state index in [1.807, 2.05) is 17.5 Å². The summed E-state index contributed by atoms with van der Waals surface area (Å²) in [6.45, 7) is 0.390. The first kappa shape index (κ1) is 21.2. The SMILES string of the molecule is Cc1nc2cnc(-c3cnc(NC4CCOC4)nc3)cn2c1Cc1ccccc1OC(F)F. The van der Waals surface area contributed by atoms with Gasteiger partial charge >= 0.3 is 6.61 Å². The van der Waals surface area contributed by atoms with Crippen LogP contribution >= 0.6 is 0 Å². The number of anilines is 1. The highest BCUT2D eigenvalue weighted by molar-refractivity contribution is 5.59. The van der Waals surface area contributed by atoms with E-state index in [0.717, 1.165) is 30.0 Å². The van der Waals surface area contributed by atoms with Gasteiger partial charge in [-0.2, -0.15) is 8.78 Å². The molecule has 1 aliphatic heterocycles. The Hall–Kier alpha value is -3.66. The minimum absolute atomic E-state index is 0.153. The summed E-state index contributed by atoms with van der Waals surface area (Å²) in [7, 11) is 0. The van der Waals surface area contributed by atoms with Crippen LogP contribution in [0.4, 0.5) is 14.7 Å². The smallest absolute Gasteiger partial charge is 0.387 e. The molecule has 10 heteroatoms. The van der Waals surface area contributed by atoms with Gasteiger partial charge in [0.25, 0.3) is 0 Å².